The molecule has 1 fully saturated rings. The number of ether oxygens (including phenoxy) is 1. The maximum atomic E-state index is 6.07. The van der Waals surface area contributed by atoms with Gasteiger partial charge in [-0.1, -0.05) is 12.1 Å². The fourth-order valence-corrected chi connectivity index (χ4v) is 2.76. The molecule has 0 unspecified atom stereocenters. The van der Waals surface area contributed by atoms with Crippen molar-refractivity contribution in [2.45, 2.75) is 40.2 Å². The van der Waals surface area contributed by atoms with Crippen molar-refractivity contribution >= 4 is 0 Å². The summed E-state index contributed by atoms with van der Waals surface area (Å²) in [5.41, 5.74) is 3.98. The highest BCUT2D eigenvalue weighted by Crippen LogP contribution is 2.28. The molecule has 20 heavy (non-hydrogen) atoms. The second-order valence-corrected chi connectivity index (χ2v) is 6.02. The lowest BCUT2D eigenvalue weighted by Crippen LogP contribution is -2.44. The van der Waals surface area contributed by atoms with E-state index in [1.807, 2.05) is 0 Å². The monoisotopic (exact) mass is 276 g/mol. The maximum Gasteiger partial charge on any atom is 0.126 e. The van der Waals surface area contributed by atoms with Gasteiger partial charge >= 0.3 is 0 Å². The average molecular weight is 276 g/mol. The Hall–Kier alpha value is -1.06. The third-order valence-electron chi connectivity index (χ3n) is 3.93. The first-order chi connectivity index (χ1) is 9.58. The van der Waals surface area contributed by atoms with Gasteiger partial charge in [0.1, 0.15) is 5.75 Å². The predicted octanol–water partition coefficient (Wildman–Crippen LogP) is 2.54. The fourth-order valence-electron chi connectivity index (χ4n) is 2.76. The van der Waals surface area contributed by atoms with Gasteiger partial charge < -0.3 is 15.0 Å². The number of nitrogens with one attached hydrogen (secondary N) is 1. The first-order valence-corrected chi connectivity index (χ1v) is 7.76. The van der Waals surface area contributed by atoms with Crippen LogP contribution in [0.25, 0.3) is 0 Å². The molecule has 0 amide bonds. The lowest BCUT2D eigenvalue weighted by atomic mass is 10.0. The van der Waals surface area contributed by atoms with Crippen molar-refractivity contribution < 1.29 is 4.74 Å². The lowest BCUT2D eigenvalue weighted by molar-refractivity contribution is 0.229. The van der Waals surface area contributed by atoms with E-state index in [1.54, 1.807) is 0 Å². The summed E-state index contributed by atoms with van der Waals surface area (Å²) in [6.07, 6.45) is 1.31. The van der Waals surface area contributed by atoms with Crippen LogP contribution in [0.4, 0.5) is 0 Å². The van der Waals surface area contributed by atoms with Crippen LogP contribution < -0.4 is 10.1 Å². The van der Waals surface area contributed by atoms with Crippen LogP contribution in [-0.4, -0.2) is 43.7 Å². The Bertz CT molecular complexity index is 437. The number of benzene rings is 1. The lowest BCUT2D eigenvalue weighted by Gasteiger charge is -2.28. The standard InChI is InChI=1S/C17H28N2O/c1-13(2)20-17-15(4)6-5-14(3)16(17)7-10-19-11-8-18-9-12-19/h5-6,13,18H,7-12H2,1-4H3. The van der Waals surface area contributed by atoms with E-state index in [9.17, 15) is 0 Å². The van der Waals surface area contributed by atoms with Crippen molar-refractivity contribution in [2.24, 2.45) is 0 Å². The van der Waals surface area contributed by atoms with E-state index in [4.69, 9.17) is 4.74 Å². The second-order valence-electron chi connectivity index (χ2n) is 6.02. The van der Waals surface area contributed by atoms with E-state index >= 15 is 0 Å². The summed E-state index contributed by atoms with van der Waals surface area (Å²) in [7, 11) is 0. The van der Waals surface area contributed by atoms with Crippen LogP contribution >= 0.6 is 0 Å². The summed E-state index contributed by atoms with van der Waals surface area (Å²) in [6.45, 7) is 14.2. The molecule has 0 aromatic heterocycles. The number of hydrogen-bond acceptors (Lipinski definition) is 3. The van der Waals surface area contributed by atoms with E-state index in [0.29, 0.717) is 0 Å². The number of aryl methyl sites for hydroxylation is 2. The minimum absolute atomic E-state index is 0.230. The van der Waals surface area contributed by atoms with Crippen molar-refractivity contribution in [1.82, 2.24) is 10.2 Å². The summed E-state index contributed by atoms with van der Waals surface area (Å²) >= 11 is 0. The minimum atomic E-state index is 0.230. The first-order valence-electron chi connectivity index (χ1n) is 7.76. The molecule has 112 valence electrons. The normalized spacial score (nSPS) is 16.6. The highest BCUT2D eigenvalue weighted by Gasteiger charge is 2.15. The molecule has 1 saturated heterocycles. The number of rotatable bonds is 5. The van der Waals surface area contributed by atoms with E-state index in [-0.39, 0.29) is 6.10 Å². The molecule has 0 aliphatic carbocycles. The molecule has 0 saturated carbocycles. The van der Waals surface area contributed by atoms with Crippen molar-refractivity contribution in [3.05, 3.63) is 28.8 Å². The van der Waals surface area contributed by atoms with E-state index in [0.717, 1.165) is 44.9 Å². The Labute approximate surface area is 123 Å². The van der Waals surface area contributed by atoms with Crippen LogP contribution in [0.15, 0.2) is 12.1 Å². The predicted molar refractivity (Wildman–Crippen MR) is 84.7 cm³/mol. The van der Waals surface area contributed by atoms with Gasteiger partial charge in [-0.2, -0.15) is 0 Å². The van der Waals surface area contributed by atoms with Gasteiger partial charge in [0.05, 0.1) is 6.10 Å². The Kier molecular flexibility index (Phi) is 5.44. The molecule has 1 aliphatic rings. The highest BCUT2D eigenvalue weighted by atomic mass is 16.5. The third kappa shape index (κ3) is 3.97. The Morgan fingerprint density at radius 1 is 1.15 bits per heavy atom. The third-order valence-corrected chi connectivity index (χ3v) is 3.93. The highest BCUT2D eigenvalue weighted by molar-refractivity contribution is 5.45. The summed E-state index contributed by atoms with van der Waals surface area (Å²) in [5, 5.41) is 3.40. The first kappa shape index (κ1) is 15.3. The molecular formula is C17H28N2O. The van der Waals surface area contributed by atoms with Crippen molar-refractivity contribution in [3.63, 3.8) is 0 Å². The largest absolute Gasteiger partial charge is 0.490 e. The molecule has 0 atom stereocenters. The Morgan fingerprint density at radius 3 is 2.45 bits per heavy atom. The van der Waals surface area contributed by atoms with E-state index < -0.39 is 0 Å². The van der Waals surface area contributed by atoms with Gasteiger partial charge in [-0.05, 0) is 50.8 Å². The quantitative estimate of drug-likeness (QED) is 0.894. The Morgan fingerprint density at radius 2 is 1.80 bits per heavy atom. The van der Waals surface area contributed by atoms with Crippen molar-refractivity contribution in [2.75, 3.05) is 32.7 Å². The van der Waals surface area contributed by atoms with Crippen LogP contribution in [0, 0.1) is 13.8 Å². The van der Waals surface area contributed by atoms with Crippen LogP contribution in [-0.2, 0) is 6.42 Å². The Balaban J connectivity index is 2.10. The molecule has 3 nitrogen and oxygen atoms in total. The molecule has 0 bridgehead atoms. The zero-order valence-corrected chi connectivity index (χ0v) is 13.3. The maximum absolute atomic E-state index is 6.07. The summed E-state index contributed by atoms with van der Waals surface area (Å²) < 4.78 is 6.07. The molecule has 0 spiro atoms. The molecule has 1 heterocycles. The van der Waals surface area contributed by atoms with Gasteiger partial charge in [-0.3, -0.25) is 0 Å². The zero-order valence-electron chi connectivity index (χ0n) is 13.3. The average Bonchev–Trinajstić information content (AvgIpc) is 2.43. The van der Waals surface area contributed by atoms with Crippen LogP contribution in [0.2, 0.25) is 0 Å². The summed E-state index contributed by atoms with van der Waals surface area (Å²) in [6, 6.07) is 4.39. The van der Waals surface area contributed by atoms with Crippen LogP contribution in [0.1, 0.15) is 30.5 Å². The minimum Gasteiger partial charge on any atom is -0.490 e. The van der Waals surface area contributed by atoms with Crippen LogP contribution in [0.5, 0.6) is 5.75 Å². The number of nitrogens with zero attached hydrogens (tertiary/aromatic N) is 1. The molecule has 3 heteroatoms. The molecule has 1 aromatic carbocycles. The van der Waals surface area contributed by atoms with Gasteiger partial charge in [0.15, 0.2) is 0 Å². The SMILES string of the molecule is Cc1ccc(C)c(OC(C)C)c1CCN1CCNCC1. The van der Waals surface area contributed by atoms with Crippen molar-refractivity contribution in [3.8, 4) is 5.75 Å². The summed E-state index contributed by atoms with van der Waals surface area (Å²) in [5.74, 6) is 1.11. The van der Waals surface area contributed by atoms with Gasteiger partial charge in [-0.25, -0.2) is 0 Å². The number of hydrogen-bond donors (Lipinski definition) is 1. The molecular weight excluding hydrogens is 248 g/mol. The fraction of sp³-hybridized carbons (Fsp3) is 0.647. The van der Waals surface area contributed by atoms with Gasteiger partial charge in [0.25, 0.3) is 0 Å². The van der Waals surface area contributed by atoms with Gasteiger partial charge in [0.2, 0.25) is 0 Å². The van der Waals surface area contributed by atoms with Gasteiger partial charge in [0, 0.05) is 32.7 Å². The summed E-state index contributed by atoms with van der Waals surface area (Å²) in [4.78, 5) is 2.54. The second kappa shape index (κ2) is 7.09. The van der Waals surface area contributed by atoms with E-state index in [1.165, 1.54) is 16.7 Å². The molecule has 1 aromatic rings. The molecule has 1 N–H and O–H groups in total. The number of piperazine rings is 1. The zero-order chi connectivity index (χ0) is 14.5. The molecule has 1 aliphatic heterocycles. The van der Waals surface area contributed by atoms with Crippen molar-refractivity contribution in [1.29, 1.82) is 0 Å². The van der Waals surface area contributed by atoms with E-state index in [2.05, 4.69) is 50.0 Å². The van der Waals surface area contributed by atoms with Gasteiger partial charge in [-0.15, -0.1) is 0 Å². The smallest absolute Gasteiger partial charge is 0.126 e. The topological polar surface area (TPSA) is 24.5 Å². The molecule has 0 radical (unpaired) electrons. The molecule has 2 rings (SSSR count). The van der Waals surface area contributed by atoms with Crippen LogP contribution in [0.3, 0.4) is 0 Å².